The molecule has 0 fully saturated rings. The lowest BCUT2D eigenvalue weighted by atomic mass is 10.1. The molecule has 0 unspecified atom stereocenters. The molecule has 0 radical (unpaired) electrons. The van der Waals surface area contributed by atoms with Gasteiger partial charge in [-0.25, -0.2) is 4.98 Å². The minimum Gasteiger partial charge on any atom is -0.493 e. The first-order chi connectivity index (χ1) is 19.7. The summed E-state index contributed by atoms with van der Waals surface area (Å²) in [6.07, 6.45) is 10.8. The van der Waals surface area contributed by atoms with Crippen molar-refractivity contribution >= 4 is 23.0 Å². The van der Waals surface area contributed by atoms with E-state index in [0.29, 0.717) is 13.2 Å². The molecule has 0 aliphatic carbocycles. The van der Waals surface area contributed by atoms with E-state index in [9.17, 15) is 4.79 Å². The number of aryl methyl sites for hydroxylation is 2. The Hall–Kier alpha value is -4.32. The van der Waals surface area contributed by atoms with Crippen molar-refractivity contribution in [2.24, 2.45) is 0 Å². The van der Waals surface area contributed by atoms with E-state index in [4.69, 9.17) is 14.5 Å². The second-order valence-electron chi connectivity index (χ2n) is 9.69. The lowest BCUT2D eigenvalue weighted by Crippen LogP contribution is -2.22. The van der Waals surface area contributed by atoms with Crippen molar-refractivity contribution in [2.75, 3.05) is 20.3 Å². The lowest BCUT2D eigenvalue weighted by molar-refractivity contribution is -0.116. The number of aromatic nitrogens is 2. The Morgan fingerprint density at radius 1 is 0.975 bits per heavy atom. The molecule has 6 heteroatoms. The van der Waals surface area contributed by atoms with Crippen LogP contribution < -0.4 is 14.8 Å². The second kappa shape index (κ2) is 15.3. The minimum absolute atomic E-state index is 0.0572. The van der Waals surface area contributed by atoms with Crippen LogP contribution in [0.3, 0.4) is 0 Å². The zero-order chi connectivity index (χ0) is 28.0. The number of benzene rings is 3. The van der Waals surface area contributed by atoms with Crippen LogP contribution in [0.2, 0.25) is 0 Å². The number of rotatable bonds is 16. The molecular formula is C34H39N3O3. The number of carbonyl (C=O) groups is 1. The molecule has 4 aromatic rings. The number of hydrogen-bond donors (Lipinski definition) is 1. The van der Waals surface area contributed by atoms with Crippen LogP contribution >= 0.6 is 0 Å². The van der Waals surface area contributed by atoms with Crippen molar-refractivity contribution in [1.29, 1.82) is 0 Å². The third-order valence-corrected chi connectivity index (χ3v) is 6.73. The van der Waals surface area contributed by atoms with Gasteiger partial charge in [-0.3, -0.25) is 4.79 Å². The molecule has 6 nitrogen and oxygen atoms in total. The standard InChI is InChI=1S/C34H39N3O3/c1-3-13-28-19-21-31(32(26-28)39-2)40-25-12-24-37-30-17-10-9-16-29(30)36-33(37)18-8-5-11-23-35-34(38)22-20-27-14-6-4-7-15-27/h3-4,6-7,9-10,14-17,19-22,26H,1,5,8,11-13,18,23-25H2,2H3,(H,35,38)/b22-20+. The Bertz CT molecular complexity index is 1410. The van der Waals surface area contributed by atoms with Gasteiger partial charge in [0, 0.05) is 25.6 Å². The highest BCUT2D eigenvalue weighted by Crippen LogP contribution is 2.28. The van der Waals surface area contributed by atoms with Gasteiger partial charge < -0.3 is 19.4 Å². The molecule has 1 aromatic heterocycles. The average Bonchev–Trinajstić information content (AvgIpc) is 3.34. The zero-order valence-electron chi connectivity index (χ0n) is 23.4. The van der Waals surface area contributed by atoms with Gasteiger partial charge in [-0.05, 0) is 67.2 Å². The molecule has 1 N–H and O–H groups in total. The number of amides is 1. The molecule has 0 aliphatic heterocycles. The number of nitrogens with zero attached hydrogens (tertiary/aromatic N) is 2. The van der Waals surface area contributed by atoms with Gasteiger partial charge in [0.2, 0.25) is 5.91 Å². The predicted octanol–water partition coefficient (Wildman–Crippen LogP) is 6.78. The van der Waals surface area contributed by atoms with Crippen LogP contribution in [-0.2, 0) is 24.2 Å². The van der Waals surface area contributed by atoms with Crippen LogP contribution in [0, 0.1) is 0 Å². The number of methoxy groups -OCH3 is 1. The molecule has 0 aliphatic rings. The smallest absolute Gasteiger partial charge is 0.243 e. The van der Waals surface area contributed by atoms with Gasteiger partial charge in [-0.2, -0.15) is 0 Å². The summed E-state index contributed by atoms with van der Waals surface area (Å²) >= 11 is 0. The van der Waals surface area contributed by atoms with Crippen molar-refractivity contribution < 1.29 is 14.3 Å². The Balaban J connectivity index is 1.23. The second-order valence-corrected chi connectivity index (χ2v) is 9.69. The summed E-state index contributed by atoms with van der Waals surface area (Å²) in [5.74, 6) is 2.55. The number of nitrogens with one attached hydrogen (secondary N) is 1. The lowest BCUT2D eigenvalue weighted by Gasteiger charge is -2.13. The van der Waals surface area contributed by atoms with Crippen molar-refractivity contribution in [3.63, 3.8) is 0 Å². The van der Waals surface area contributed by atoms with Gasteiger partial charge in [-0.15, -0.1) is 6.58 Å². The summed E-state index contributed by atoms with van der Waals surface area (Å²) in [5, 5.41) is 2.98. The van der Waals surface area contributed by atoms with E-state index in [1.54, 1.807) is 13.2 Å². The zero-order valence-corrected chi connectivity index (χ0v) is 23.4. The van der Waals surface area contributed by atoms with Gasteiger partial charge in [0.1, 0.15) is 5.82 Å². The molecule has 0 atom stereocenters. The van der Waals surface area contributed by atoms with Crippen LogP contribution in [0.15, 0.2) is 91.5 Å². The third-order valence-electron chi connectivity index (χ3n) is 6.73. The van der Waals surface area contributed by atoms with E-state index < -0.39 is 0 Å². The van der Waals surface area contributed by atoms with E-state index in [2.05, 4.69) is 34.7 Å². The van der Waals surface area contributed by atoms with Crippen LogP contribution in [0.5, 0.6) is 11.5 Å². The van der Waals surface area contributed by atoms with Crippen LogP contribution in [-0.4, -0.2) is 35.7 Å². The summed E-state index contributed by atoms with van der Waals surface area (Å²) < 4.78 is 13.9. The molecule has 0 spiro atoms. The highest BCUT2D eigenvalue weighted by atomic mass is 16.5. The van der Waals surface area contributed by atoms with Gasteiger partial charge >= 0.3 is 0 Å². The first-order valence-corrected chi connectivity index (χ1v) is 14.0. The highest BCUT2D eigenvalue weighted by molar-refractivity contribution is 5.91. The van der Waals surface area contributed by atoms with Crippen molar-refractivity contribution in [1.82, 2.24) is 14.9 Å². The van der Waals surface area contributed by atoms with Gasteiger partial charge in [0.25, 0.3) is 0 Å². The van der Waals surface area contributed by atoms with E-state index in [1.807, 2.05) is 66.7 Å². The SMILES string of the molecule is C=CCc1ccc(OCCCn2c(CCCCCNC(=O)/C=C/c3ccccc3)nc3ccccc32)c(OC)c1. The third kappa shape index (κ3) is 8.34. The van der Waals surface area contributed by atoms with Crippen LogP contribution in [0.1, 0.15) is 42.6 Å². The van der Waals surface area contributed by atoms with Gasteiger partial charge in [0.15, 0.2) is 11.5 Å². The largest absolute Gasteiger partial charge is 0.493 e. The minimum atomic E-state index is -0.0572. The Morgan fingerprint density at radius 3 is 2.62 bits per heavy atom. The number of fused-ring (bicyclic) bond motifs is 1. The normalized spacial score (nSPS) is 11.1. The summed E-state index contributed by atoms with van der Waals surface area (Å²) in [6.45, 7) is 5.89. The van der Waals surface area contributed by atoms with Gasteiger partial charge in [0.05, 0.1) is 24.8 Å². The van der Waals surface area contributed by atoms with Crippen LogP contribution in [0.4, 0.5) is 0 Å². The van der Waals surface area contributed by atoms with E-state index >= 15 is 0 Å². The van der Waals surface area contributed by atoms with Crippen molar-refractivity contribution in [3.05, 3.63) is 108 Å². The van der Waals surface area contributed by atoms with Crippen LogP contribution in [0.25, 0.3) is 17.1 Å². The average molecular weight is 538 g/mol. The fraction of sp³-hybridized carbons (Fsp3) is 0.294. The monoisotopic (exact) mass is 537 g/mol. The maximum Gasteiger partial charge on any atom is 0.243 e. The van der Waals surface area contributed by atoms with E-state index in [1.165, 1.54) is 0 Å². The quantitative estimate of drug-likeness (QED) is 0.0972. The summed E-state index contributed by atoms with van der Waals surface area (Å²) in [4.78, 5) is 17.0. The van der Waals surface area contributed by atoms with Crippen molar-refractivity contribution in [3.8, 4) is 11.5 Å². The number of carbonyl (C=O) groups excluding carboxylic acids is 1. The predicted molar refractivity (Wildman–Crippen MR) is 163 cm³/mol. The molecule has 40 heavy (non-hydrogen) atoms. The molecule has 0 saturated heterocycles. The molecule has 4 rings (SSSR count). The molecular weight excluding hydrogens is 498 g/mol. The topological polar surface area (TPSA) is 65.4 Å². The van der Waals surface area contributed by atoms with E-state index in [0.717, 1.165) is 84.6 Å². The molecule has 1 amide bonds. The first-order valence-electron chi connectivity index (χ1n) is 14.0. The molecule has 0 bridgehead atoms. The first kappa shape index (κ1) is 28.7. The number of imidazole rings is 1. The Morgan fingerprint density at radius 2 is 1.80 bits per heavy atom. The Kier molecular flexibility index (Phi) is 11.0. The molecule has 208 valence electrons. The van der Waals surface area contributed by atoms with E-state index in [-0.39, 0.29) is 5.91 Å². The number of para-hydroxylation sites is 2. The number of hydrogen-bond acceptors (Lipinski definition) is 4. The number of allylic oxidation sites excluding steroid dienone is 1. The number of unbranched alkanes of at least 4 members (excludes halogenated alkanes) is 2. The molecule has 0 saturated carbocycles. The maximum absolute atomic E-state index is 12.1. The molecule has 1 heterocycles. The highest BCUT2D eigenvalue weighted by Gasteiger charge is 2.11. The summed E-state index contributed by atoms with van der Waals surface area (Å²) in [6, 6.07) is 24.2. The maximum atomic E-state index is 12.1. The summed E-state index contributed by atoms with van der Waals surface area (Å²) in [7, 11) is 1.67. The summed E-state index contributed by atoms with van der Waals surface area (Å²) in [5.41, 5.74) is 4.34. The van der Waals surface area contributed by atoms with Gasteiger partial charge in [-0.1, -0.05) is 61.0 Å². The fourth-order valence-electron chi connectivity index (χ4n) is 4.69. The Labute approximate surface area is 237 Å². The fourth-order valence-corrected chi connectivity index (χ4v) is 4.69. The van der Waals surface area contributed by atoms with Crippen molar-refractivity contribution in [2.45, 2.75) is 45.1 Å². The molecule has 3 aromatic carbocycles. The number of ether oxygens (including phenoxy) is 2.